The van der Waals surface area contributed by atoms with Crippen molar-refractivity contribution in [3.05, 3.63) is 35.0 Å². The molecule has 5 rings (SSSR count). The van der Waals surface area contributed by atoms with E-state index in [9.17, 15) is 0 Å². The zero-order valence-corrected chi connectivity index (χ0v) is 15.9. The van der Waals surface area contributed by atoms with Gasteiger partial charge in [0, 0.05) is 49.0 Å². The molecule has 1 saturated heterocycles. The molecule has 0 N–H and O–H groups in total. The standard InChI is InChI=1S/C20H23N5S/c1-24-9-11-25(12-10-24)19-17-15-6-2-3-7-16(15)26-20(17)23-18(22-19)14-5-4-8-21-13-14/h4-5,8,13H,2-3,6-7,9-12H2,1H3. The van der Waals surface area contributed by atoms with Crippen LogP contribution < -0.4 is 4.90 Å². The van der Waals surface area contributed by atoms with Gasteiger partial charge in [0.2, 0.25) is 0 Å². The van der Waals surface area contributed by atoms with E-state index in [2.05, 4.69) is 27.9 Å². The lowest BCUT2D eigenvalue weighted by molar-refractivity contribution is 0.312. The Labute approximate surface area is 157 Å². The van der Waals surface area contributed by atoms with Crippen molar-refractivity contribution in [2.45, 2.75) is 25.7 Å². The van der Waals surface area contributed by atoms with Crippen molar-refractivity contribution in [1.82, 2.24) is 19.9 Å². The van der Waals surface area contributed by atoms with Crippen LogP contribution in [-0.2, 0) is 12.8 Å². The molecule has 0 spiro atoms. The maximum absolute atomic E-state index is 5.06. The molecule has 1 fully saturated rings. The van der Waals surface area contributed by atoms with Crippen LogP contribution in [0.15, 0.2) is 24.5 Å². The van der Waals surface area contributed by atoms with Gasteiger partial charge < -0.3 is 9.80 Å². The molecular formula is C20H23N5S. The van der Waals surface area contributed by atoms with Crippen molar-refractivity contribution in [3.8, 4) is 11.4 Å². The van der Waals surface area contributed by atoms with E-state index in [-0.39, 0.29) is 0 Å². The van der Waals surface area contributed by atoms with Gasteiger partial charge in [0.05, 0.1) is 5.39 Å². The fourth-order valence-electron chi connectivity index (χ4n) is 4.01. The Kier molecular flexibility index (Phi) is 4.10. The summed E-state index contributed by atoms with van der Waals surface area (Å²) in [5.41, 5.74) is 2.51. The number of aryl methyl sites for hydroxylation is 2. The molecule has 0 atom stereocenters. The molecule has 134 valence electrons. The monoisotopic (exact) mass is 365 g/mol. The Morgan fingerprint density at radius 2 is 1.88 bits per heavy atom. The summed E-state index contributed by atoms with van der Waals surface area (Å²) in [6, 6.07) is 4.01. The zero-order chi connectivity index (χ0) is 17.5. The Morgan fingerprint density at radius 1 is 1.04 bits per heavy atom. The summed E-state index contributed by atoms with van der Waals surface area (Å²) in [5.74, 6) is 1.94. The number of anilines is 1. The summed E-state index contributed by atoms with van der Waals surface area (Å²) in [6.45, 7) is 4.22. The normalized spacial score (nSPS) is 18.3. The van der Waals surface area contributed by atoms with Crippen LogP contribution in [0.3, 0.4) is 0 Å². The average molecular weight is 366 g/mol. The van der Waals surface area contributed by atoms with Crippen molar-refractivity contribution in [3.63, 3.8) is 0 Å². The lowest BCUT2D eigenvalue weighted by atomic mass is 9.97. The van der Waals surface area contributed by atoms with Gasteiger partial charge >= 0.3 is 0 Å². The Balaban J connectivity index is 1.70. The molecule has 0 bridgehead atoms. The molecular weight excluding hydrogens is 342 g/mol. The van der Waals surface area contributed by atoms with E-state index in [1.807, 2.05) is 23.6 Å². The number of hydrogen-bond acceptors (Lipinski definition) is 6. The summed E-state index contributed by atoms with van der Waals surface area (Å²) in [5, 5.41) is 1.32. The fraction of sp³-hybridized carbons (Fsp3) is 0.450. The molecule has 26 heavy (non-hydrogen) atoms. The molecule has 0 aromatic carbocycles. The Morgan fingerprint density at radius 3 is 2.69 bits per heavy atom. The van der Waals surface area contributed by atoms with E-state index >= 15 is 0 Å². The molecule has 4 heterocycles. The number of aromatic nitrogens is 3. The lowest BCUT2D eigenvalue weighted by Gasteiger charge is -2.34. The van der Waals surface area contributed by atoms with Crippen LogP contribution in [0.4, 0.5) is 5.82 Å². The maximum Gasteiger partial charge on any atom is 0.164 e. The van der Waals surface area contributed by atoms with Crippen molar-refractivity contribution in [2.75, 3.05) is 38.1 Å². The van der Waals surface area contributed by atoms with Crippen LogP contribution in [0.2, 0.25) is 0 Å². The second-order valence-corrected chi connectivity index (χ2v) is 8.38. The fourth-order valence-corrected chi connectivity index (χ4v) is 5.27. The van der Waals surface area contributed by atoms with E-state index in [0.29, 0.717) is 0 Å². The minimum atomic E-state index is 0.804. The third-order valence-corrected chi connectivity index (χ3v) is 6.70. The smallest absolute Gasteiger partial charge is 0.164 e. The van der Waals surface area contributed by atoms with Crippen molar-refractivity contribution in [1.29, 1.82) is 0 Å². The summed E-state index contributed by atoms with van der Waals surface area (Å²) in [4.78, 5) is 21.8. The van der Waals surface area contributed by atoms with Gasteiger partial charge in [0.15, 0.2) is 5.82 Å². The highest BCUT2D eigenvalue weighted by molar-refractivity contribution is 7.19. The van der Waals surface area contributed by atoms with E-state index in [0.717, 1.165) is 48.2 Å². The van der Waals surface area contributed by atoms with Gasteiger partial charge in [-0.05, 0) is 50.4 Å². The second-order valence-electron chi connectivity index (χ2n) is 7.29. The maximum atomic E-state index is 5.06. The molecule has 1 aliphatic heterocycles. The molecule has 6 heteroatoms. The second kappa shape index (κ2) is 6.59. The first-order valence-electron chi connectivity index (χ1n) is 9.46. The number of rotatable bonds is 2. The Hall–Kier alpha value is -2.05. The van der Waals surface area contributed by atoms with Crippen molar-refractivity contribution in [2.24, 2.45) is 0 Å². The molecule has 0 amide bonds. The SMILES string of the molecule is CN1CCN(c2nc(-c3cccnc3)nc3sc4c(c23)CCCC4)CC1. The number of likely N-dealkylation sites (N-methyl/N-ethyl adjacent to an activating group) is 1. The molecule has 0 saturated carbocycles. The Bertz CT molecular complexity index is 928. The third kappa shape index (κ3) is 2.77. The highest BCUT2D eigenvalue weighted by Gasteiger charge is 2.25. The first-order chi connectivity index (χ1) is 12.8. The van der Waals surface area contributed by atoms with Gasteiger partial charge in [0.25, 0.3) is 0 Å². The molecule has 1 aliphatic carbocycles. The number of nitrogens with zero attached hydrogens (tertiary/aromatic N) is 5. The van der Waals surface area contributed by atoms with E-state index in [4.69, 9.17) is 9.97 Å². The molecule has 2 aliphatic rings. The summed E-state index contributed by atoms with van der Waals surface area (Å²) in [6.07, 6.45) is 8.61. The highest BCUT2D eigenvalue weighted by atomic mass is 32.1. The number of thiophene rings is 1. The number of pyridine rings is 1. The first kappa shape index (κ1) is 16.1. The zero-order valence-electron chi connectivity index (χ0n) is 15.1. The van der Waals surface area contributed by atoms with Gasteiger partial charge in [-0.15, -0.1) is 11.3 Å². The van der Waals surface area contributed by atoms with Gasteiger partial charge in [-0.1, -0.05) is 0 Å². The van der Waals surface area contributed by atoms with Gasteiger partial charge in [-0.25, -0.2) is 9.97 Å². The number of fused-ring (bicyclic) bond motifs is 3. The highest BCUT2D eigenvalue weighted by Crippen LogP contribution is 2.40. The molecule has 3 aromatic rings. The summed E-state index contributed by atoms with van der Waals surface area (Å²) >= 11 is 1.88. The summed E-state index contributed by atoms with van der Waals surface area (Å²) < 4.78 is 0. The quantitative estimate of drug-likeness (QED) is 0.697. The van der Waals surface area contributed by atoms with Crippen molar-refractivity contribution < 1.29 is 0 Å². The van der Waals surface area contributed by atoms with Crippen LogP contribution in [0.1, 0.15) is 23.3 Å². The van der Waals surface area contributed by atoms with Gasteiger partial charge in [-0.2, -0.15) is 0 Å². The predicted octanol–water partition coefficient (Wildman–Crippen LogP) is 3.38. The van der Waals surface area contributed by atoms with Crippen LogP contribution in [0.25, 0.3) is 21.6 Å². The van der Waals surface area contributed by atoms with Crippen LogP contribution in [0, 0.1) is 0 Å². The molecule has 3 aromatic heterocycles. The summed E-state index contributed by atoms with van der Waals surface area (Å²) in [7, 11) is 2.19. The van der Waals surface area contributed by atoms with E-state index in [1.165, 1.54) is 41.5 Å². The minimum absolute atomic E-state index is 0.804. The predicted molar refractivity (Wildman–Crippen MR) is 107 cm³/mol. The van der Waals surface area contributed by atoms with Crippen LogP contribution in [0.5, 0.6) is 0 Å². The van der Waals surface area contributed by atoms with Crippen LogP contribution in [-0.4, -0.2) is 53.1 Å². The minimum Gasteiger partial charge on any atom is -0.353 e. The lowest BCUT2D eigenvalue weighted by Crippen LogP contribution is -2.45. The molecule has 0 unspecified atom stereocenters. The van der Waals surface area contributed by atoms with Gasteiger partial charge in [-0.3, -0.25) is 4.98 Å². The molecule has 0 radical (unpaired) electrons. The average Bonchev–Trinajstić information content (AvgIpc) is 3.07. The van der Waals surface area contributed by atoms with Crippen LogP contribution >= 0.6 is 11.3 Å². The topological polar surface area (TPSA) is 45.2 Å². The third-order valence-electron chi connectivity index (χ3n) is 5.52. The van der Waals surface area contributed by atoms with E-state index in [1.54, 1.807) is 6.20 Å². The largest absolute Gasteiger partial charge is 0.353 e. The van der Waals surface area contributed by atoms with Gasteiger partial charge in [0.1, 0.15) is 10.6 Å². The van der Waals surface area contributed by atoms with E-state index < -0.39 is 0 Å². The number of piperazine rings is 1. The first-order valence-corrected chi connectivity index (χ1v) is 10.3. The van der Waals surface area contributed by atoms with Crippen molar-refractivity contribution >= 4 is 27.4 Å². The molecule has 5 nitrogen and oxygen atoms in total. The number of hydrogen-bond donors (Lipinski definition) is 0.